The molecule has 0 bridgehead atoms. The lowest BCUT2D eigenvalue weighted by molar-refractivity contribution is -0.121. The van der Waals surface area contributed by atoms with Crippen LogP contribution in [0.4, 0.5) is 4.39 Å². The Balaban J connectivity index is 2.36. The Bertz CT molecular complexity index is 477. The fourth-order valence-corrected chi connectivity index (χ4v) is 2.27. The van der Waals surface area contributed by atoms with E-state index in [-0.39, 0.29) is 17.3 Å². The number of nitrogens with one attached hydrogen (secondary N) is 2. The van der Waals surface area contributed by atoms with Crippen molar-refractivity contribution < 1.29 is 14.3 Å². The van der Waals surface area contributed by atoms with Crippen LogP contribution in [0.5, 0.6) is 0 Å². The Morgan fingerprint density at radius 1 is 1.41 bits per heavy atom. The monoisotopic (exact) mass is 310 g/mol. The molecule has 0 saturated heterocycles. The molecule has 1 amide bonds. The third kappa shape index (κ3) is 7.00. The Hall–Kier alpha value is -1.46. The van der Waals surface area contributed by atoms with E-state index in [0.29, 0.717) is 25.1 Å². The van der Waals surface area contributed by atoms with E-state index in [9.17, 15) is 14.3 Å². The van der Waals surface area contributed by atoms with Gasteiger partial charge in [-0.1, -0.05) is 12.1 Å². The Morgan fingerprint density at radius 3 is 2.77 bits per heavy atom. The highest BCUT2D eigenvalue weighted by Gasteiger charge is 2.19. The predicted molar refractivity (Wildman–Crippen MR) is 86.0 cm³/mol. The molecule has 1 aromatic rings. The van der Waals surface area contributed by atoms with Crippen LogP contribution in [0.25, 0.3) is 0 Å². The average molecular weight is 310 g/mol. The number of amides is 1. The first-order chi connectivity index (χ1) is 10.3. The maximum atomic E-state index is 13.1. The summed E-state index contributed by atoms with van der Waals surface area (Å²) >= 11 is 0. The van der Waals surface area contributed by atoms with Crippen molar-refractivity contribution in [2.75, 3.05) is 13.1 Å². The second-order valence-electron chi connectivity index (χ2n) is 6.14. The van der Waals surface area contributed by atoms with Gasteiger partial charge in [0.15, 0.2) is 0 Å². The average Bonchev–Trinajstić information content (AvgIpc) is 2.45. The quantitative estimate of drug-likeness (QED) is 0.657. The van der Waals surface area contributed by atoms with Gasteiger partial charge in [-0.2, -0.15) is 0 Å². The van der Waals surface area contributed by atoms with E-state index in [4.69, 9.17) is 0 Å². The van der Waals surface area contributed by atoms with Crippen molar-refractivity contribution in [1.29, 1.82) is 0 Å². The number of carbonyl (C=O) groups excluding carboxylic acids is 1. The Labute approximate surface area is 132 Å². The SMILES string of the molecule is CCNC(=O)CCCC(C)(C)NC[C@H](O)c1cccc(F)c1. The molecule has 4 nitrogen and oxygen atoms in total. The van der Waals surface area contributed by atoms with Gasteiger partial charge in [-0.3, -0.25) is 4.79 Å². The molecule has 0 aliphatic rings. The first-order valence-electron chi connectivity index (χ1n) is 7.79. The maximum Gasteiger partial charge on any atom is 0.219 e. The van der Waals surface area contributed by atoms with Gasteiger partial charge in [-0.05, 0) is 51.3 Å². The van der Waals surface area contributed by atoms with E-state index in [1.54, 1.807) is 12.1 Å². The number of benzene rings is 1. The minimum absolute atomic E-state index is 0.0677. The Kier molecular flexibility index (Phi) is 7.48. The number of rotatable bonds is 9. The summed E-state index contributed by atoms with van der Waals surface area (Å²) in [6, 6.07) is 5.99. The van der Waals surface area contributed by atoms with Crippen LogP contribution >= 0.6 is 0 Å². The van der Waals surface area contributed by atoms with Gasteiger partial charge in [0.05, 0.1) is 6.10 Å². The summed E-state index contributed by atoms with van der Waals surface area (Å²) in [7, 11) is 0. The van der Waals surface area contributed by atoms with Crippen LogP contribution in [-0.2, 0) is 4.79 Å². The summed E-state index contributed by atoms with van der Waals surface area (Å²) < 4.78 is 13.1. The molecule has 1 atom stereocenters. The van der Waals surface area contributed by atoms with Gasteiger partial charge in [0, 0.05) is 25.0 Å². The molecular formula is C17H27FN2O2. The van der Waals surface area contributed by atoms with Crippen molar-refractivity contribution in [1.82, 2.24) is 10.6 Å². The molecule has 1 aromatic carbocycles. The molecule has 0 aliphatic heterocycles. The number of β-amino-alcohol motifs (C(OH)–C–C–N with tert-alkyl or cyclic N) is 1. The molecule has 0 saturated carbocycles. The van der Waals surface area contributed by atoms with Gasteiger partial charge in [0.2, 0.25) is 5.91 Å². The molecule has 0 unspecified atom stereocenters. The molecule has 0 spiro atoms. The van der Waals surface area contributed by atoms with Crippen LogP contribution < -0.4 is 10.6 Å². The number of carbonyl (C=O) groups is 1. The fourth-order valence-electron chi connectivity index (χ4n) is 2.27. The first-order valence-corrected chi connectivity index (χ1v) is 7.79. The lowest BCUT2D eigenvalue weighted by Crippen LogP contribution is -2.41. The second kappa shape index (κ2) is 8.86. The van der Waals surface area contributed by atoms with Crippen LogP contribution in [-0.4, -0.2) is 29.6 Å². The summed E-state index contributed by atoms with van der Waals surface area (Å²) in [5.74, 6) is -0.282. The molecule has 0 aromatic heterocycles. The first kappa shape index (κ1) is 18.6. The van der Waals surface area contributed by atoms with Crippen LogP contribution in [0, 0.1) is 5.82 Å². The maximum absolute atomic E-state index is 13.1. The van der Waals surface area contributed by atoms with Crippen molar-refractivity contribution in [2.24, 2.45) is 0 Å². The molecule has 3 N–H and O–H groups in total. The lowest BCUT2D eigenvalue weighted by atomic mass is 9.96. The van der Waals surface area contributed by atoms with E-state index in [1.165, 1.54) is 12.1 Å². The highest BCUT2D eigenvalue weighted by Crippen LogP contribution is 2.17. The van der Waals surface area contributed by atoms with Gasteiger partial charge < -0.3 is 15.7 Å². The number of hydrogen-bond acceptors (Lipinski definition) is 3. The number of aliphatic hydroxyl groups excluding tert-OH is 1. The number of aliphatic hydroxyl groups is 1. The molecule has 124 valence electrons. The molecule has 0 aliphatic carbocycles. The molecule has 5 heteroatoms. The summed E-state index contributed by atoms with van der Waals surface area (Å²) in [6.45, 7) is 6.96. The zero-order valence-corrected chi connectivity index (χ0v) is 13.7. The Morgan fingerprint density at radius 2 is 2.14 bits per heavy atom. The highest BCUT2D eigenvalue weighted by atomic mass is 19.1. The van der Waals surface area contributed by atoms with Crippen molar-refractivity contribution in [3.05, 3.63) is 35.6 Å². The van der Waals surface area contributed by atoms with E-state index in [2.05, 4.69) is 10.6 Å². The minimum Gasteiger partial charge on any atom is -0.387 e. The van der Waals surface area contributed by atoms with Crippen LogP contribution in [0.2, 0.25) is 0 Å². The van der Waals surface area contributed by atoms with Crippen molar-refractivity contribution in [3.63, 3.8) is 0 Å². The molecular weight excluding hydrogens is 283 g/mol. The molecule has 1 rings (SSSR count). The summed E-state index contributed by atoms with van der Waals surface area (Å²) in [5.41, 5.74) is 0.367. The van der Waals surface area contributed by atoms with Crippen molar-refractivity contribution >= 4 is 5.91 Å². The van der Waals surface area contributed by atoms with Crippen molar-refractivity contribution in [2.45, 2.75) is 51.7 Å². The largest absolute Gasteiger partial charge is 0.387 e. The number of hydrogen-bond donors (Lipinski definition) is 3. The van der Waals surface area contributed by atoms with Gasteiger partial charge >= 0.3 is 0 Å². The topological polar surface area (TPSA) is 61.4 Å². The standard InChI is InChI=1S/C17H27FN2O2/c1-4-19-16(22)9-6-10-17(2,3)20-12-15(21)13-7-5-8-14(18)11-13/h5,7-8,11,15,20-21H,4,6,9-10,12H2,1-3H3,(H,19,22)/t15-/m0/s1. The summed E-state index contributed by atoms with van der Waals surface area (Å²) in [6.07, 6.45) is 1.35. The molecule has 0 radical (unpaired) electrons. The van der Waals surface area contributed by atoms with Gasteiger partial charge in [0.1, 0.15) is 5.82 Å². The van der Waals surface area contributed by atoms with Crippen LogP contribution in [0.3, 0.4) is 0 Å². The lowest BCUT2D eigenvalue weighted by Gasteiger charge is -2.28. The molecule has 0 heterocycles. The van der Waals surface area contributed by atoms with Crippen LogP contribution in [0.1, 0.15) is 51.7 Å². The van der Waals surface area contributed by atoms with E-state index in [1.807, 2.05) is 20.8 Å². The van der Waals surface area contributed by atoms with Gasteiger partial charge in [0.25, 0.3) is 0 Å². The smallest absolute Gasteiger partial charge is 0.219 e. The number of halogens is 1. The fraction of sp³-hybridized carbons (Fsp3) is 0.588. The van der Waals surface area contributed by atoms with Crippen molar-refractivity contribution in [3.8, 4) is 0 Å². The summed E-state index contributed by atoms with van der Waals surface area (Å²) in [4.78, 5) is 11.4. The zero-order chi connectivity index (χ0) is 16.6. The van der Waals surface area contributed by atoms with E-state index >= 15 is 0 Å². The molecule has 0 fully saturated rings. The third-order valence-electron chi connectivity index (χ3n) is 3.59. The van der Waals surface area contributed by atoms with Gasteiger partial charge in [-0.25, -0.2) is 4.39 Å². The normalized spacial score (nSPS) is 13.0. The predicted octanol–water partition coefficient (Wildman–Crippen LogP) is 2.53. The van der Waals surface area contributed by atoms with Gasteiger partial charge in [-0.15, -0.1) is 0 Å². The third-order valence-corrected chi connectivity index (χ3v) is 3.59. The second-order valence-corrected chi connectivity index (χ2v) is 6.14. The van der Waals surface area contributed by atoms with E-state index in [0.717, 1.165) is 12.8 Å². The summed E-state index contributed by atoms with van der Waals surface area (Å²) in [5, 5.41) is 16.2. The minimum atomic E-state index is -0.752. The molecule has 22 heavy (non-hydrogen) atoms. The van der Waals surface area contributed by atoms with E-state index < -0.39 is 6.10 Å². The zero-order valence-electron chi connectivity index (χ0n) is 13.7. The van der Waals surface area contributed by atoms with Crippen LogP contribution in [0.15, 0.2) is 24.3 Å². The highest BCUT2D eigenvalue weighted by molar-refractivity contribution is 5.75.